The minimum absolute atomic E-state index is 0.104. The minimum atomic E-state index is -0.104. The molecule has 0 aliphatic carbocycles. The number of nitrogens with zero attached hydrogens (tertiary/aromatic N) is 2. The second kappa shape index (κ2) is 6.39. The van der Waals surface area contributed by atoms with Gasteiger partial charge in [0.25, 0.3) is 5.56 Å². The summed E-state index contributed by atoms with van der Waals surface area (Å²) in [5.74, 6) is 1.43. The Kier molecular flexibility index (Phi) is 4.14. The third kappa shape index (κ3) is 3.11. The third-order valence-corrected chi connectivity index (χ3v) is 3.56. The Hall–Kier alpha value is -3.02. The van der Waals surface area contributed by atoms with Gasteiger partial charge in [-0.3, -0.25) is 9.36 Å². The molecule has 0 fully saturated rings. The molecule has 0 saturated carbocycles. The largest absolute Gasteiger partial charge is 0.497 e. The van der Waals surface area contributed by atoms with Crippen LogP contribution in [0.25, 0.3) is 10.9 Å². The highest BCUT2D eigenvalue weighted by molar-refractivity contribution is 5.78. The molecule has 3 aromatic rings. The van der Waals surface area contributed by atoms with E-state index in [0.717, 1.165) is 11.4 Å². The topological polar surface area (TPSA) is 65.4 Å². The van der Waals surface area contributed by atoms with Crippen molar-refractivity contribution in [1.82, 2.24) is 9.55 Å². The number of methoxy groups -OCH3 is 2. The first-order chi connectivity index (χ1) is 11.2. The Morgan fingerprint density at radius 1 is 1.09 bits per heavy atom. The molecule has 1 N–H and O–H groups in total. The van der Waals surface area contributed by atoms with Crippen molar-refractivity contribution in [2.45, 2.75) is 6.67 Å². The van der Waals surface area contributed by atoms with Gasteiger partial charge in [0.2, 0.25) is 0 Å². The average Bonchev–Trinajstić information content (AvgIpc) is 2.61. The fraction of sp³-hybridized carbons (Fsp3) is 0.176. The lowest BCUT2D eigenvalue weighted by Gasteiger charge is -2.10. The van der Waals surface area contributed by atoms with Crippen LogP contribution in [0.5, 0.6) is 11.5 Å². The van der Waals surface area contributed by atoms with Crippen molar-refractivity contribution in [1.29, 1.82) is 0 Å². The van der Waals surface area contributed by atoms with Gasteiger partial charge in [-0.15, -0.1) is 0 Å². The first kappa shape index (κ1) is 14.9. The summed E-state index contributed by atoms with van der Waals surface area (Å²) in [5.41, 5.74) is 1.38. The standard InChI is InChI=1S/C17H17N3O3/c1-22-13-5-3-4-12(8-13)18-10-20-11-19-16-9-14(23-2)6-7-15(16)17(20)21/h3-9,11,18H,10H2,1-2H3. The molecule has 0 bridgehead atoms. The van der Waals surface area contributed by atoms with Crippen LogP contribution in [0.3, 0.4) is 0 Å². The average molecular weight is 311 g/mol. The van der Waals surface area contributed by atoms with E-state index in [2.05, 4.69) is 10.3 Å². The summed E-state index contributed by atoms with van der Waals surface area (Å²) in [6, 6.07) is 12.8. The van der Waals surface area contributed by atoms with E-state index in [1.807, 2.05) is 24.3 Å². The zero-order chi connectivity index (χ0) is 16.2. The molecule has 0 radical (unpaired) electrons. The highest BCUT2D eigenvalue weighted by atomic mass is 16.5. The van der Waals surface area contributed by atoms with Crippen molar-refractivity contribution in [3.05, 3.63) is 59.1 Å². The summed E-state index contributed by atoms with van der Waals surface area (Å²) in [5, 5.41) is 3.74. The van der Waals surface area contributed by atoms with E-state index in [1.54, 1.807) is 32.4 Å². The normalized spacial score (nSPS) is 10.5. The van der Waals surface area contributed by atoms with E-state index in [0.29, 0.717) is 23.3 Å². The summed E-state index contributed by atoms with van der Waals surface area (Å²) in [4.78, 5) is 16.8. The Balaban J connectivity index is 1.85. The van der Waals surface area contributed by atoms with Crippen LogP contribution in [0, 0.1) is 0 Å². The van der Waals surface area contributed by atoms with E-state index < -0.39 is 0 Å². The summed E-state index contributed by atoms with van der Waals surface area (Å²) in [6.45, 7) is 0.320. The number of benzene rings is 2. The molecule has 0 amide bonds. The maximum Gasteiger partial charge on any atom is 0.262 e. The van der Waals surface area contributed by atoms with Gasteiger partial charge in [0, 0.05) is 17.8 Å². The number of anilines is 1. The highest BCUT2D eigenvalue weighted by Gasteiger charge is 2.05. The van der Waals surface area contributed by atoms with Gasteiger partial charge in [0.05, 0.1) is 38.1 Å². The molecular formula is C17H17N3O3. The second-order valence-electron chi connectivity index (χ2n) is 4.97. The minimum Gasteiger partial charge on any atom is -0.497 e. The van der Waals surface area contributed by atoms with Gasteiger partial charge >= 0.3 is 0 Å². The van der Waals surface area contributed by atoms with Crippen molar-refractivity contribution in [2.75, 3.05) is 19.5 Å². The molecule has 0 spiro atoms. The quantitative estimate of drug-likeness (QED) is 0.784. The van der Waals surface area contributed by atoms with Crippen LogP contribution >= 0.6 is 0 Å². The first-order valence-electron chi connectivity index (χ1n) is 7.12. The lowest BCUT2D eigenvalue weighted by Crippen LogP contribution is -2.24. The fourth-order valence-electron chi connectivity index (χ4n) is 2.29. The van der Waals surface area contributed by atoms with Crippen LogP contribution < -0.4 is 20.3 Å². The molecule has 0 aliphatic rings. The van der Waals surface area contributed by atoms with Crippen LogP contribution in [0.1, 0.15) is 0 Å². The molecule has 0 saturated heterocycles. The molecule has 3 rings (SSSR count). The van der Waals surface area contributed by atoms with Crippen molar-refractivity contribution < 1.29 is 9.47 Å². The summed E-state index contributed by atoms with van der Waals surface area (Å²) in [6.07, 6.45) is 1.53. The second-order valence-corrected chi connectivity index (χ2v) is 4.97. The molecule has 1 aromatic heterocycles. The molecule has 118 valence electrons. The number of fused-ring (bicyclic) bond motifs is 1. The molecule has 1 heterocycles. The Bertz CT molecular complexity index is 890. The monoisotopic (exact) mass is 311 g/mol. The first-order valence-corrected chi connectivity index (χ1v) is 7.12. The predicted molar refractivity (Wildman–Crippen MR) is 89.2 cm³/mol. The van der Waals surface area contributed by atoms with Crippen LogP contribution in [-0.4, -0.2) is 23.8 Å². The molecule has 23 heavy (non-hydrogen) atoms. The number of aromatic nitrogens is 2. The highest BCUT2D eigenvalue weighted by Crippen LogP contribution is 2.17. The molecule has 6 nitrogen and oxygen atoms in total. The maximum absolute atomic E-state index is 12.5. The van der Waals surface area contributed by atoms with Crippen LogP contribution in [0.2, 0.25) is 0 Å². The summed E-state index contributed by atoms with van der Waals surface area (Å²) in [7, 11) is 3.20. The fourth-order valence-corrected chi connectivity index (χ4v) is 2.29. The number of rotatable bonds is 5. The van der Waals surface area contributed by atoms with Crippen molar-refractivity contribution in [3.8, 4) is 11.5 Å². The van der Waals surface area contributed by atoms with E-state index in [1.165, 1.54) is 10.9 Å². The van der Waals surface area contributed by atoms with Gasteiger partial charge in [0.15, 0.2) is 0 Å². The molecule has 0 aliphatic heterocycles. The lowest BCUT2D eigenvalue weighted by atomic mass is 10.2. The van der Waals surface area contributed by atoms with E-state index in [9.17, 15) is 4.79 Å². The molecule has 0 unspecified atom stereocenters. The smallest absolute Gasteiger partial charge is 0.262 e. The van der Waals surface area contributed by atoms with Gasteiger partial charge in [-0.1, -0.05) is 6.07 Å². The zero-order valence-electron chi connectivity index (χ0n) is 12.9. The maximum atomic E-state index is 12.5. The van der Waals surface area contributed by atoms with Gasteiger partial charge in [-0.05, 0) is 24.3 Å². The Morgan fingerprint density at radius 3 is 2.65 bits per heavy atom. The van der Waals surface area contributed by atoms with Crippen LogP contribution in [0.15, 0.2) is 53.6 Å². The number of ether oxygens (including phenoxy) is 2. The van der Waals surface area contributed by atoms with E-state index in [-0.39, 0.29) is 5.56 Å². The Labute approximate surface area is 133 Å². The molecule has 0 atom stereocenters. The van der Waals surface area contributed by atoms with Gasteiger partial charge in [0.1, 0.15) is 11.5 Å². The van der Waals surface area contributed by atoms with Gasteiger partial charge in [-0.25, -0.2) is 4.98 Å². The lowest BCUT2D eigenvalue weighted by molar-refractivity contribution is 0.415. The van der Waals surface area contributed by atoms with Gasteiger partial charge < -0.3 is 14.8 Å². The van der Waals surface area contributed by atoms with Crippen molar-refractivity contribution in [3.63, 3.8) is 0 Å². The van der Waals surface area contributed by atoms with Crippen molar-refractivity contribution >= 4 is 16.6 Å². The molecular weight excluding hydrogens is 294 g/mol. The number of nitrogens with one attached hydrogen (secondary N) is 1. The van der Waals surface area contributed by atoms with Crippen LogP contribution in [0.4, 0.5) is 5.69 Å². The van der Waals surface area contributed by atoms with E-state index in [4.69, 9.17) is 9.47 Å². The molecule has 6 heteroatoms. The number of hydrogen-bond acceptors (Lipinski definition) is 5. The summed E-state index contributed by atoms with van der Waals surface area (Å²) >= 11 is 0. The third-order valence-electron chi connectivity index (χ3n) is 3.56. The zero-order valence-corrected chi connectivity index (χ0v) is 12.9. The number of hydrogen-bond donors (Lipinski definition) is 1. The van der Waals surface area contributed by atoms with Gasteiger partial charge in [-0.2, -0.15) is 0 Å². The van der Waals surface area contributed by atoms with Crippen molar-refractivity contribution in [2.24, 2.45) is 0 Å². The van der Waals surface area contributed by atoms with E-state index >= 15 is 0 Å². The Morgan fingerprint density at radius 2 is 1.87 bits per heavy atom. The predicted octanol–water partition coefficient (Wildman–Crippen LogP) is 2.48. The molecule has 2 aromatic carbocycles. The van der Waals surface area contributed by atoms with Crippen LogP contribution in [-0.2, 0) is 6.67 Å². The SMILES string of the molecule is COc1cccc(NCn2cnc3cc(OC)ccc3c2=O)c1. The summed E-state index contributed by atoms with van der Waals surface area (Å²) < 4.78 is 11.8.